The third-order valence-electron chi connectivity index (χ3n) is 1.24. The minimum Gasteiger partial charge on any atom is -0.305 e. The standard InChI is InChI=1S/C7H7BrN4O/c8-5-1-3-6(4-2-5)10-7(13)11-12-9/h1-4H,(H3,9,10,11,13). The molecule has 0 heterocycles. The summed E-state index contributed by atoms with van der Waals surface area (Å²) >= 11 is 3.27. The summed E-state index contributed by atoms with van der Waals surface area (Å²) in [6, 6.07) is 6.47. The van der Waals surface area contributed by atoms with Gasteiger partial charge in [0, 0.05) is 10.2 Å². The zero-order valence-corrected chi connectivity index (χ0v) is 8.15. The third kappa shape index (κ3) is 3.20. The Hall–Kier alpha value is -1.43. The van der Waals surface area contributed by atoms with Crippen molar-refractivity contribution in [3.63, 3.8) is 0 Å². The van der Waals surface area contributed by atoms with Crippen LogP contribution in [0.4, 0.5) is 10.5 Å². The Morgan fingerprint density at radius 2 is 2.00 bits per heavy atom. The molecule has 68 valence electrons. The van der Waals surface area contributed by atoms with E-state index in [1.807, 2.05) is 0 Å². The molecule has 0 aliphatic rings. The summed E-state index contributed by atoms with van der Waals surface area (Å²) in [5.74, 6) is 4.70. The minimum atomic E-state index is -0.593. The maximum Gasteiger partial charge on any atom is 0.365 e. The van der Waals surface area contributed by atoms with Gasteiger partial charge in [0.2, 0.25) is 0 Å². The van der Waals surface area contributed by atoms with Crippen molar-refractivity contribution >= 4 is 27.6 Å². The number of nitrogens with zero attached hydrogens (tertiary/aromatic N) is 2. The Bertz CT molecular complexity index is 322. The van der Waals surface area contributed by atoms with Crippen molar-refractivity contribution in [3.8, 4) is 0 Å². The van der Waals surface area contributed by atoms with Gasteiger partial charge in [-0.3, -0.25) is 0 Å². The van der Waals surface area contributed by atoms with Gasteiger partial charge in [0.1, 0.15) is 0 Å². The van der Waals surface area contributed by atoms with Crippen LogP contribution in [0, 0.1) is 0 Å². The van der Waals surface area contributed by atoms with E-state index in [9.17, 15) is 4.79 Å². The Morgan fingerprint density at radius 3 is 2.54 bits per heavy atom. The number of rotatable bonds is 1. The molecule has 0 aliphatic carbocycles. The number of nitrogens with one attached hydrogen (secondary N) is 1. The van der Waals surface area contributed by atoms with E-state index in [0.29, 0.717) is 5.69 Å². The van der Waals surface area contributed by atoms with Gasteiger partial charge >= 0.3 is 6.03 Å². The van der Waals surface area contributed by atoms with Gasteiger partial charge < -0.3 is 11.2 Å². The molecule has 1 rings (SSSR count). The summed E-state index contributed by atoms with van der Waals surface area (Å²) in [4.78, 5) is 10.8. The minimum absolute atomic E-state index is 0.593. The molecule has 1 aromatic rings. The van der Waals surface area contributed by atoms with Crippen molar-refractivity contribution in [2.75, 3.05) is 5.32 Å². The zero-order chi connectivity index (χ0) is 9.68. The van der Waals surface area contributed by atoms with Crippen LogP contribution in [-0.4, -0.2) is 6.03 Å². The van der Waals surface area contributed by atoms with Crippen LogP contribution in [0.1, 0.15) is 0 Å². The molecule has 0 unspecified atom stereocenters. The van der Waals surface area contributed by atoms with Crippen LogP contribution in [0.5, 0.6) is 0 Å². The number of carbonyl (C=O) groups excluding carboxylic acids is 1. The lowest BCUT2D eigenvalue weighted by molar-refractivity contribution is 0.258. The molecule has 6 heteroatoms. The molecule has 0 saturated carbocycles. The molecule has 13 heavy (non-hydrogen) atoms. The average Bonchev–Trinajstić information content (AvgIpc) is 2.09. The van der Waals surface area contributed by atoms with Crippen LogP contribution in [0.3, 0.4) is 0 Å². The first-order valence-corrected chi connectivity index (χ1v) is 4.19. The van der Waals surface area contributed by atoms with Crippen LogP contribution < -0.4 is 11.2 Å². The van der Waals surface area contributed by atoms with Crippen LogP contribution >= 0.6 is 15.9 Å². The second-order valence-corrected chi connectivity index (χ2v) is 3.07. The highest BCUT2D eigenvalue weighted by atomic mass is 79.9. The molecule has 0 radical (unpaired) electrons. The maximum atomic E-state index is 10.8. The molecule has 0 fully saturated rings. The van der Waals surface area contributed by atoms with Crippen LogP contribution in [-0.2, 0) is 0 Å². The predicted molar refractivity (Wildman–Crippen MR) is 52.2 cm³/mol. The van der Waals surface area contributed by atoms with Crippen molar-refractivity contribution in [2.45, 2.75) is 0 Å². The molecule has 0 saturated heterocycles. The Kier molecular flexibility index (Phi) is 3.39. The summed E-state index contributed by atoms with van der Waals surface area (Å²) in [7, 11) is 0. The predicted octanol–water partition coefficient (Wildman–Crippen LogP) is 2.31. The summed E-state index contributed by atoms with van der Waals surface area (Å²) in [6.45, 7) is 0. The summed E-state index contributed by atoms with van der Waals surface area (Å²) in [6.07, 6.45) is 0. The van der Waals surface area contributed by atoms with Gasteiger partial charge in [-0.15, -0.1) is 0 Å². The van der Waals surface area contributed by atoms with Gasteiger partial charge in [-0.1, -0.05) is 26.3 Å². The lowest BCUT2D eigenvalue weighted by Gasteiger charge is -1.99. The van der Waals surface area contributed by atoms with Gasteiger partial charge in [0.05, 0.1) is 0 Å². The van der Waals surface area contributed by atoms with E-state index in [4.69, 9.17) is 5.84 Å². The van der Waals surface area contributed by atoms with Gasteiger partial charge in [-0.25, -0.2) is 4.79 Å². The molecule has 1 aromatic carbocycles. The second kappa shape index (κ2) is 4.56. The van der Waals surface area contributed by atoms with Crippen molar-refractivity contribution in [3.05, 3.63) is 28.7 Å². The van der Waals surface area contributed by atoms with E-state index >= 15 is 0 Å². The van der Waals surface area contributed by atoms with Crippen molar-refractivity contribution in [1.82, 2.24) is 0 Å². The fraction of sp³-hybridized carbons (Fsp3) is 0. The first-order chi connectivity index (χ1) is 6.22. The van der Waals surface area contributed by atoms with E-state index < -0.39 is 6.03 Å². The van der Waals surface area contributed by atoms with E-state index in [2.05, 4.69) is 31.6 Å². The van der Waals surface area contributed by atoms with E-state index in [0.717, 1.165) is 4.47 Å². The second-order valence-electron chi connectivity index (χ2n) is 2.15. The first kappa shape index (κ1) is 9.66. The van der Waals surface area contributed by atoms with Gasteiger partial charge in [0.25, 0.3) is 0 Å². The lowest BCUT2D eigenvalue weighted by atomic mass is 10.3. The van der Waals surface area contributed by atoms with Crippen LogP contribution in [0.2, 0.25) is 0 Å². The molecule has 3 N–H and O–H groups in total. The number of anilines is 1. The number of carbonyl (C=O) groups is 1. The molecular weight excluding hydrogens is 236 g/mol. The molecule has 0 spiro atoms. The van der Waals surface area contributed by atoms with E-state index in [1.165, 1.54) is 0 Å². The molecular formula is C7H7BrN4O. The largest absolute Gasteiger partial charge is 0.365 e. The molecule has 0 atom stereocenters. The highest BCUT2D eigenvalue weighted by molar-refractivity contribution is 9.10. The third-order valence-corrected chi connectivity index (χ3v) is 1.77. The number of halogens is 1. The average molecular weight is 243 g/mol. The molecule has 0 bridgehead atoms. The van der Waals surface area contributed by atoms with Crippen molar-refractivity contribution < 1.29 is 4.79 Å². The SMILES string of the molecule is NN=NC(=O)Nc1ccc(Br)cc1. The van der Waals surface area contributed by atoms with E-state index in [1.54, 1.807) is 24.3 Å². The van der Waals surface area contributed by atoms with Gasteiger partial charge in [0.15, 0.2) is 0 Å². The number of hydrogen-bond donors (Lipinski definition) is 2. The normalized spacial score (nSPS) is 10.2. The van der Waals surface area contributed by atoms with E-state index in [-0.39, 0.29) is 0 Å². The van der Waals surface area contributed by atoms with Crippen LogP contribution in [0.25, 0.3) is 0 Å². The van der Waals surface area contributed by atoms with Crippen molar-refractivity contribution in [1.29, 1.82) is 0 Å². The van der Waals surface area contributed by atoms with Crippen molar-refractivity contribution in [2.24, 2.45) is 16.2 Å². The number of amides is 2. The Balaban J connectivity index is 2.64. The highest BCUT2D eigenvalue weighted by Gasteiger charge is 1.98. The molecule has 5 nitrogen and oxygen atoms in total. The summed E-state index contributed by atoms with van der Waals surface area (Å²) in [5.41, 5.74) is 0.639. The molecule has 0 aliphatic heterocycles. The fourth-order valence-electron chi connectivity index (χ4n) is 0.734. The number of benzene rings is 1. The maximum absolute atomic E-state index is 10.8. The molecule has 2 amide bonds. The Morgan fingerprint density at radius 1 is 1.38 bits per heavy atom. The fourth-order valence-corrected chi connectivity index (χ4v) is 0.998. The van der Waals surface area contributed by atoms with Gasteiger partial charge in [-0.05, 0) is 24.3 Å². The lowest BCUT2D eigenvalue weighted by Crippen LogP contribution is -2.05. The summed E-state index contributed by atoms with van der Waals surface area (Å²) < 4.78 is 0.936. The number of nitrogens with two attached hydrogens (primary N) is 1. The zero-order valence-electron chi connectivity index (χ0n) is 6.57. The highest BCUT2D eigenvalue weighted by Crippen LogP contribution is 2.13. The van der Waals surface area contributed by atoms with Gasteiger partial charge in [-0.2, -0.15) is 0 Å². The number of urea groups is 1. The topological polar surface area (TPSA) is 79.8 Å². The quantitative estimate of drug-likeness (QED) is 0.450. The first-order valence-electron chi connectivity index (χ1n) is 3.40. The smallest absolute Gasteiger partial charge is 0.305 e. The monoisotopic (exact) mass is 242 g/mol. The molecule has 0 aromatic heterocycles. The Labute approximate surface area is 83.1 Å². The number of hydrogen-bond acceptors (Lipinski definition) is 2. The van der Waals surface area contributed by atoms with Crippen LogP contribution in [0.15, 0.2) is 39.1 Å². The summed E-state index contributed by atoms with van der Waals surface area (Å²) in [5, 5.41) is 8.41.